The zero-order chi connectivity index (χ0) is 18.4. The maximum Gasteiger partial charge on any atom is 0.182 e. The first-order chi connectivity index (χ1) is 11.9. The number of hydrogen-bond acceptors (Lipinski definition) is 1. The summed E-state index contributed by atoms with van der Waals surface area (Å²) in [7, 11) is -1.70. The molecule has 3 nitrogen and oxygen atoms in total. The second kappa shape index (κ2) is 8.31. The number of aromatic nitrogens is 2. The first-order valence-corrected chi connectivity index (χ1v) is 11.3. The Morgan fingerprint density at radius 3 is 2.00 bits per heavy atom. The van der Waals surface area contributed by atoms with Crippen LogP contribution in [-0.2, 0) is 0 Å². The molecule has 0 atom stereocenters. The number of nitrogens with zero attached hydrogens (tertiary/aromatic N) is 3. The molecule has 2 heterocycles. The predicted molar refractivity (Wildman–Crippen MR) is 107 cm³/mol. The highest BCUT2D eigenvalue weighted by Crippen LogP contribution is 2.40. The van der Waals surface area contributed by atoms with E-state index in [2.05, 4.69) is 63.4 Å². The first-order valence-electron chi connectivity index (χ1n) is 9.03. The van der Waals surface area contributed by atoms with Gasteiger partial charge in [-0.1, -0.05) is 65.8 Å². The Hall–Kier alpha value is -2.12. The van der Waals surface area contributed by atoms with E-state index in [0.29, 0.717) is 22.4 Å². The van der Waals surface area contributed by atoms with Crippen molar-refractivity contribution >= 4 is 13.9 Å². The lowest BCUT2D eigenvalue weighted by molar-refractivity contribution is -0.619. The summed E-state index contributed by atoms with van der Waals surface area (Å²) in [5, 5.41) is 0. The van der Waals surface area contributed by atoms with Gasteiger partial charge in [-0.3, -0.25) is 0 Å². The maximum atomic E-state index is 4.44. The molecule has 0 saturated carbocycles. The molecule has 0 spiro atoms. The van der Waals surface area contributed by atoms with Crippen LogP contribution in [0.25, 0.3) is 5.43 Å². The highest BCUT2D eigenvalue weighted by atomic mass is 28.3. The van der Waals surface area contributed by atoms with Gasteiger partial charge in [-0.25, -0.2) is 0 Å². The van der Waals surface area contributed by atoms with Gasteiger partial charge in [0.05, 0.1) is 0 Å². The Kier molecular flexibility index (Phi) is 6.38. The number of pyridine rings is 2. The third-order valence-corrected chi connectivity index (χ3v) is 11.2. The van der Waals surface area contributed by atoms with Crippen molar-refractivity contribution in [3.8, 4) is 11.5 Å². The van der Waals surface area contributed by atoms with Crippen molar-refractivity contribution in [2.45, 2.75) is 58.2 Å². The number of hydrogen-bond donors (Lipinski definition) is 0. The van der Waals surface area contributed by atoms with Gasteiger partial charge in [-0.2, -0.15) is 10.1 Å². The van der Waals surface area contributed by atoms with E-state index in [0.717, 1.165) is 5.56 Å². The second-order valence-electron chi connectivity index (χ2n) is 7.41. The lowest BCUT2D eigenvalue weighted by Gasteiger charge is -2.38. The van der Waals surface area contributed by atoms with Gasteiger partial charge in [0, 0.05) is 23.5 Å². The molecule has 2 aromatic rings. The lowest BCUT2D eigenvalue weighted by Crippen LogP contribution is -2.43. The van der Waals surface area contributed by atoms with E-state index >= 15 is 0 Å². The third-order valence-electron chi connectivity index (χ3n) is 4.95. The minimum absolute atomic E-state index is 0.636. The van der Waals surface area contributed by atoms with Gasteiger partial charge in [0.2, 0.25) is 0 Å². The summed E-state index contributed by atoms with van der Waals surface area (Å²) in [6, 6.07) is 9.79. The smallest absolute Gasteiger partial charge is 0.182 e. The third kappa shape index (κ3) is 4.49. The summed E-state index contributed by atoms with van der Waals surface area (Å²) in [6.45, 7) is 14.0. The monoisotopic (exact) mass is 351 g/mol. The molecule has 0 aromatic carbocycles. The van der Waals surface area contributed by atoms with Crippen molar-refractivity contribution in [2.75, 3.05) is 0 Å². The molecule has 0 aliphatic carbocycles. The van der Waals surface area contributed by atoms with Crippen LogP contribution in [-0.4, -0.2) is 13.1 Å². The fraction of sp³-hybridized carbons (Fsp3) is 0.429. The van der Waals surface area contributed by atoms with Crippen molar-refractivity contribution in [3.63, 3.8) is 0 Å². The molecule has 0 aliphatic heterocycles. The molecule has 0 amide bonds. The fourth-order valence-corrected chi connectivity index (χ4v) is 8.93. The normalized spacial score (nSPS) is 11.6. The van der Waals surface area contributed by atoms with E-state index in [1.807, 2.05) is 48.9 Å². The van der Waals surface area contributed by atoms with Crippen molar-refractivity contribution < 1.29 is 4.68 Å². The molecule has 0 bridgehead atoms. The van der Waals surface area contributed by atoms with Crippen LogP contribution in [0.15, 0.2) is 48.9 Å². The van der Waals surface area contributed by atoms with Gasteiger partial charge in [-0.05, 0) is 22.7 Å². The Morgan fingerprint density at radius 2 is 1.52 bits per heavy atom. The summed E-state index contributed by atoms with van der Waals surface area (Å²) < 4.78 is 1.75. The van der Waals surface area contributed by atoms with Gasteiger partial charge in [-0.15, -0.1) is 5.54 Å². The van der Waals surface area contributed by atoms with Crippen molar-refractivity contribution in [2.24, 2.45) is 0 Å². The van der Waals surface area contributed by atoms with Crippen LogP contribution in [0.2, 0.25) is 16.6 Å². The molecule has 25 heavy (non-hydrogen) atoms. The van der Waals surface area contributed by atoms with Crippen LogP contribution in [0.5, 0.6) is 0 Å². The van der Waals surface area contributed by atoms with E-state index in [1.54, 1.807) is 4.68 Å². The minimum atomic E-state index is -1.70. The summed E-state index contributed by atoms with van der Waals surface area (Å²) in [5.74, 6) is 4.10. The minimum Gasteiger partial charge on any atom is -0.437 e. The molecule has 2 aromatic heterocycles. The first kappa shape index (κ1) is 19.2. The zero-order valence-corrected chi connectivity index (χ0v) is 17.2. The molecule has 132 valence electrons. The fourth-order valence-electron chi connectivity index (χ4n) is 3.71. The Labute approximate surface area is 153 Å². The van der Waals surface area contributed by atoms with Crippen LogP contribution in [0.4, 0.5) is 5.82 Å². The van der Waals surface area contributed by atoms with Gasteiger partial charge >= 0.3 is 0 Å². The second-order valence-corrected chi connectivity index (χ2v) is 13.0. The van der Waals surface area contributed by atoms with Crippen LogP contribution in [0, 0.1) is 11.5 Å². The van der Waals surface area contributed by atoms with Crippen LogP contribution >= 0.6 is 0 Å². The summed E-state index contributed by atoms with van der Waals surface area (Å²) in [5.41, 5.74) is 11.0. The molecular weight excluding hydrogens is 322 g/mol. The van der Waals surface area contributed by atoms with Crippen LogP contribution in [0.3, 0.4) is 0 Å². The Bertz CT molecular complexity index is 703. The quantitative estimate of drug-likeness (QED) is 0.403. The zero-order valence-electron chi connectivity index (χ0n) is 16.2. The molecule has 0 radical (unpaired) electrons. The molecule has 0 saturated heterocycles. The molecule has 2 rings (SSSR count). The average Bonchev–Trinajstić information content (AvgIpc) is 2.57. The summed E-state index contributed by atoms with van der Waals surface area (Å²) in [6.07, 6.45) is 5.61. The molecule has 0 N–H and O–H groups in total. The maximum absolute atomic E-state index is 4.44. The highest BCUT2D eigenvalue weighted by molar-refractivity contribution is 6.90. The van der Waals surface area contributed by atoms with Crippen LogP contribution < -0.4 is 4.68 Å². The molecule has 0 fully saturated rings. The SMILES string of the molecule is CC(C)[Si](C#Cc1ccc([N-][n+]2ccccc2)nc1)(C(C)C)C(C)C. The summed E-state index contributed by atoms with van der Waals surface area (Å²) >= 11 is 0. The van der Waals surface area contributed by atoms with Gasteiger partial charge in [0.25, 0.3) is 0 Å². The van der Waals surface area contributed by atoms with Gasteiger partial charge in [0.15, 0.2) is 12.4 Å². The van der Waals surface area contributed by atoms with E-state index in [1.165, 1.54) is 0 Å². The molecule has 4 heteroatoms. The lowest BCUT2D eigenvalue weighted by atomic mass is 10.3. The van der Waals surface area contributed by atoms with E-state index in [9.17, 15) is 0 Å². The Balaban J connectivity index is 2.22. The summed E-state index contributed by atoms with van der Waals surface area (Å²) in [4.78, 5) is 4.43. The van der Waals surface area contributed by atoms with Crippen LogP contribution in [0.1, 0.15) is 47.1 Å². The number of rotatable bonds is 5. The largest absolute Gasteiger partial charge is 0.437 e. The van der Waals surface area contributed by atoms with Crippen molar-refractivity contribution in [1.82, 2.24) is 4.98 Å². The van der Waals surface area contributed by atoms with Crippen molar-refractivity contribution in [1.29, 1.82) is 0 Å². The van der Waals surface area contributed by atoms with Gasteiger partial charge in [0.1, 0.15) is 8.07 Å². The topological polar surface area (TPSA) is 30.9 Å². The molecule has 0 unspecified atom stereocenters. The van der Waals surface area contributed by atoms with E-state index < -0.39 is 8.07 Å². The van der Waals surface area contributed by atoms with Gasteiger partial charge < -0.3 is 4.98 Å². The highest BCUT2D eigenvalue weighted by Gasteiger charge is 2.41. The van der Waals surface area contributed by atoms with E-state index in [-0.39, 0.29) is 0 Å². The Morgan fingerprint density at radius 1 is 0.920 bits per heavy atom. The van der Waals surface area contributed by atoms with Crippen molar-refractivity contribution in [3.05, 3.63) is 59.9 Å². The van der Waals surface area contributed by atoms with E-state index in [4.69, 9.17) is 0 Å². The average molecular weight is 352 g/mol. The molecular formula is C21H29N3Si. The molecule has 0 aliphatic rings. The standard InChI is InChI=1S/C21H29N3Si/c1-17(2)25(18(3)4,19(5)6)15-12-20-10-11-21(22-16-20)23-24-13-8-7-9-14-24/h7-11,13-14,16-19H,1-6H3. The predicted octanol–water partition coefficient (Wildman–Crippen LogP) is 5.41.